The largest absolute Gasteiger partial charge is 0.508 e. The van der Waals surface area contributed by atoms with Gasteiger partial charge in [0.05, 0.1) is 0 Å². The van der Waals surface area contributed by atoms with Crippen molar-refractivity contribution in [1.82, 2.24) is 0 Å². The first-order chi connectivity index (χ1) is 16.9. The van der Waals surface area contributed by atoms with Crippen molar-refractivity contribution in [2.45, 2.75) is 41.7 Å². The number of aromatic hydroxyl groups is 1. The van der Waals surface area contributed by atoms with Crippen molar-refractivity contribution < 1.29 is 80.5 Å². The zero-order valence-corrected chi connectivity index (χ0v) is 17.6. The van der Waals surface area contributed by atoms with E-state index in [2.05, 4.69) is 4.74 Å². The molecule has 2 rings (SSSR count). The summed E-state index contributed by atoms with van der Waals surface area (Å²) in [5, 5.41) is 9.20. The zero-order chi connectivity index (χ0) is 29.8. The Bertz CT molecular complexity index is 1150. The topological polar surface area (TPSA) is 46.5 Å². The summed E-state index contributed by atoms with van der Waals surface area (Å²) < 4.78 is 202. The number of phenolic OH excluding ortho intramolecular Hbond substituents is 1. The molecule has 3 nitrogen and oxygen atoms in total. The fourth-order valence-electron chi connectivity index (χ4n) is 2.64. The van der Waals surface area contributed by atoms with E-state index in [4.69, 9.17) is 0 Å². The second-order valence-electron chi connectivity index (χ2n) is 7.40. The molecule has 212 valence electrons. The Labute approximate surface area is 200 Å². The number of esters is 1. The lowest BCUT2D eigenvalue weighted by atomic mass is 9.91. The predicted molar refractivity (Wildman–Crippen MR) is 94.9 cm³/mol. The van der Waals surface area contributed by atoms with Gasteiger partial charge in [-0.15, -0.1) is 0 Å². The monoisotopic (exact) mass is 582 g/mol. The molecule has 0 aliphatic carbocycles. The molecular formula is C20H9F15O3. The summed E-state index contributed by atoms with van der Waals surface area (Å²) in [7, 11) is 0. The molecule has 0 saturated carbocycles. The summed E-state index contributed by atoms with van der Waals surface area (Å²) >= 11 is 0. The lowest BCUT2D eigenvalue weighted by molar-refractivity contribution is -0.450. The van der Waals surface area contributed by atoms with Gasteiger partial charge in [0, 0.05) is 0 Å². The van der Waals surface area contributed by atoms with Crippen molar-refractivity contribution in [3.05, 3.63) is 48.5 Å². The number of alkyl halides is 15. The van der Waals surface area contributed by atoms with Crippen LogP contribution in [0.1, 0.15) is 0 Å². The quantitative estimate of drug-likeness (QED) is 0.201. The summed E-state index contributed by atoms with van der Waals surface area (Å²) in [4.78, 5) is 11.5. The van der Waals surface area contributed by atoms with E-state index in [-0.39, 0.29) is 11.3 Å². The normalized spacial score (nSPS) is 14.4. The lowest BCUT2D eigenvalue weighted by Gasteiger charge is -2.40. The number of hydrogen-bond acceptors (Lipinski definition) is 3. The molecule has 0 saturated heterocycles. The Morgan fingerprint density at radius 2 is 0.868 bits per heavy atom. The van der Waals surface area contributed by atoms with Crippen LogP contribution in [-0.4, -0.2) is 52.8 Å². The van der Waals surface area contributed by atoms with Crippen molar-refractivity contribution >= 4 is 5.97 Å². The first kappa shape index (κ1) is 30.9. The van der Waals surface area contributed by atoms with Crippen LogP contribution in [0, 0.1) is 0 Å². The molecular weight excluding hydrogens is 573 g/mol. The van der Waals surface area contributed by atoms with Crippen LogP contribution in [-0.2, 0) is 4.79 Å². The van der Waals surface area contributed by atoms with Crippen LogP contribution in [0.2, 0.25) is 0 Å². The Balaban J connectivity index is 2.39. The third-order valence-corrected chi connectivity index (χ3v) is 4.85. The van der Waals surface area contributed by atoms with Gasteiger partial charge in [0.1, 0.15) is 11.5 Å². The summed E-state index contributed by atoms with van der Waals surface area (Å²) in [6.45, 7) is 0. The highest BCUT2D eigenvalue weighted by atomic mass is 19.4. The SMILES string of the molecule is O=C(Oc1ccc(-c2ccc(O)cc2)cc1)C(F)(F)C(F)(F)C(F)(F)C(F)(F)C(F)(F)C(F)(F)C(F)(F)F. The van der Waals surface area contributed by atoms with Gasteiger partial charge in [0.15, 0.2) is 0 Å². The molecule has 0 bridgehead atoms. The summed E-state index contributed by atoms with van der Waals surface area (Å²) in [5.41, 5.74) is 0.525. The fraction of sp³-hybridized carbons (Fsp3) is 0.350. The summed E-state index contributed by atoms with van der Waals surface area (Å²) in [5.74, 6) is -53.7. The minimum absolute atomic E-state index is 0.176. The Hall–Kier alpha value is -3.34. The molecule has 0 aliphatic rings. The number of carbonyl (C=O) groups is 1. The molecule has 0 aromatic heterocycles. The van der Waals surface area contributed by atoms with E-state index in [1.165, 1.54) is 24.3 Å². The maximum Gasteiger partial charge on any atom is 0.460 e. The Morgan fingerprint density at radius 1 is 0.526 bits per heavy atom. The van der Waals surface area contributed by atoms with Crippen molar-refractivity contribution in [3.8, 4) is 22.6 Å². The van der Waals surface area contributed by atoms with Gasteiger partial charge in [0.2, 0.25) is 0 Å². The van der Waals surface area contributed by atoms with E-state index in [0.29, 0.717) is 17.7 Å². The van der Waals surface area contributed by atoms with E-state index >= 15 is 0 Å². The molecule has 1 N–H and O–H groups in total. The molecule has 2 aromatic rings. The molecule has 18 heteroatoms. The molecule has 0 fully saturated rings. The molecule has 0 amide bonds. The Kier molecular flexibility index (Phi) is 7.43. The number of carbonyl (C=O) groups excluding carboxylic acids is 1. The average molecular weight is 582 g/mol. The lowest BCUT2D eigenvalue weighted by Crippen LogP contribution is -2.73. The molecule has 2 aromatic carbocycles. The van der Waals surface area contributed by atoms with Crippen LogP contribution in [0.3, 0.4) is 0 Å². The number of ether oxygens (including phenoxy) is 1. The van der Waals surface area contributed by atoms with E-state index in [9.17, 15) is 75.8 Å². The van der Waals surface area contributed by atoms with E-state index in [0.717, 1.165) is 12.1 Å². The molecule has 0 aliphatic heterocycles. The van der Waals surface area contributed by atoms with Crippen molar-refractivity contribution in [1.29, 1.82) is 0 Å². The second kappa shape index (κ2) is 9.14. The van der Waals surface area contributed by atoms with Gasteiger partial charge in [-0.2, -0.15) is 65.9 Å². The van der Waals surface area contributed by atoms with Gasteiger partial charge < -0.3 is 9.84 Å². The van der Waals surface area contributed by atoms with E-state index in [1.807, 2.05) is 0 Å². The predicted octanol–water partition coefficient (Wildman–Crippen LogP) is 7.34. The van der Waals surface area contributed by atoms with Gasteiger partial charge in [-0.25, -0.2) is 4.79 Å². The molecule has 0 heterocycles. The van der Waals surface area contributed by atoms with Crippen LogP contribution in [0.25, 0.3) is 11.1 Å². The van der Waals surface area contributed by atoms with Gasteiger partial charge in [-0.05, 0) is 35.4 Å². The van der Waals surface area contributed by atoms with E-state index in [1.54, 1.807) is 0 Å². The number of phenols is 1. The second-order valence-corrected chi connectivity index (χ2v) is 7.40. The minimum atomic E-state index is -8.50. The first-order valence-corrected chi connectivity index (χ1v) is 9.31. The average Bonchev–Trinajstić information content (AvgIpc) is 2.78. The highest BCUT2D eigenvalue weighted by Gasteiger charge is 2.94. The summed E-state index contributed by atoms with van der Waals surface area (Å²) in [6, 6.07) is 8.07. The molecule has 0 radical (unpaired) electrons. The van der Waals surface area contributed by atoms with Crippen LogP contribution in [0.5, 0.6) is 11.5 Å². The minimum Gasteiger partial charge on any atom is -0.508 e. The van der Waals surface area contributed by atoms with Crippen LogP contribution in [0.4, 0.5) is 65.9 Å². The zero-order valence-electron chi connectivity index (χ0n) is 17.6. The molecule has 38 heavy (non-hydrogen) atoms. The summed E-state index contributed by atoms with van der Waals surface area (Å²) in [6.07, 6.45) is -7.72. The highest BCUT2D eigenvalue weighted by Crippen LogP contribution is 2.62. The maximum absolute atomic E-state index is 13.9. The number of benzene rings is 2. The van der Waals surface area contributed by atoms with Gasteiger partial charge in [-0.1, -0.05) is 24.3 Å². The Morgan fingerprint density at radius 3 is 1.26 bits per heavy atom. The fourth-order valence-corrected chi connectivity index (χ4v) is 2.64. The smallest absolute Gasteiger partial charge is 0.460 e. The highest BCUT2D eigenvalue weighted by molar-refractivity contribution is 5.81. The van der Waals surface area contributed by atoms with Gasteiger partial charge >= 0.3 is 47.7 Å². The van der Waals surface area contributed by atoms with Crippen molar-refractivity contribution in [2.75, 3.05) is 0 Å². The maximum atomic E-state index is 13.9. The van der Waals surface area contributed by atoms with Gasteiger partial charge in [0.25, 0.3) is 0 Å². The molecule has 0 spiro atoms. The molecule has 0 unspecified atom stereocenters. The number of rotatable bonds is 8. The van der Waals surface area contributed by atoms with Gasteiger partial charge in [-0.3, -0.25) is 0 Å². The van der Waals surface area contributed by atoms with Crippen molar-refractivity contribution in [2.24, 2.45) is 0 Å². The number of hydrogen-bond donors (Lipinski definition) is 1. The molecule has 0 atom stereocenters. The van der Waals surface area contributed by atoms with E-state index < -0.39 is 53.4 Å². The number of halogens is 15. The van der Waals surface area contributed by atoms with Crippen LogP contribution >= 0.6 is 0 Å². The van der Waals surface area contributed by atoms with Crippen LogP contribution in [0.15, 0.2) is 48.5 Å². The third-order valence-electron chi connectivity index (χ3n) is 4.85. The van der Waals surface area contributed by atoms with Crippen molar-refractivity contribution in [3.63, 3.8) is 0 Å². The standard InChI is InChI=1S/C20H9F15O3/c21-14(22,13(37)38-12-7-3-10(4-8-12)9-1-5-11(36)6-2-9)15(23,24)16(25,26)17(27,28)18(29,30)19(31,32)20(33,34)35/h1-8,36H. The first-order valence-electron chi connectivity index (χ1n) is 9.31. The van der Waals surface area contributed by atoms with Crippen LogP contribution < -0.4 is 4.74 Å². The third kappa shape index (κ3) is 4.57.